The molecule has 26 heavy (non-hydrogen) atoms. The highest BCUT2D eigenvalue weighted by molar-refractivity contribution is 5.95. The molecule has 2 heterocycles. The molecule has 3 rings (SSSR count). The van der Waals surface area contributed by atoms with E-state index >= 15 is 0 Å². The van der Waals surface area contributed by atoms with Gasteiger partial charge in [0.1, 0.15) is 0 Å². The minimum atomic E-state index is -0.513. The van der Waals surface area contributed by atoms with Crippen LogP contribution >= 0.6 is 0 Å². The van der Waals surface area contributed by atoms with Crippen molar-refractivity contribution in [2.45, 2.75) is 32.2 Å². The SMILES string of the molecule is NCC1(C(=O)Nc2cccc(CN3CCC(CO)CC3)c2)CCOCC1. The van der Waals surface area contributed by atoms with Gasteiger partial charge in [-0.05, 0) is 62.4 Å². The van der Waals surface area contributed by atoms with E-state index in [9.17, 15) is 9.90 Å². The number of aliphatic hydroxyl groups is 1. The van der Waals surface area contributed by atoms with E-state index in [0.717, 1.165) is 38.2 Å². The third kappa shape index (κ3) is 4.62. The second-order valence-corrected chi connectivity index (χ2v) is 7.65. The van der Waals surface area contributed by atoms with E-state index in [2.05, 4.69) is 22.3 Å². The van der Waals surface area contributed by atoms with Gasteiger partial charge in [-0.25, -0.2) is 0 Å². The quantitative estimate of drug-likeness (QED) is 0.716. The Morgan fingerprint density at radius 1 is 1.31 bits per heavy atom. The van der Waals surface area contributed by atoms with E-state index in [4.69, 9.17) is 10.5 Å². The Bertz CT molecular complexity index is 594. The standard InChI is InChI=1S/C20H31N3O3/c21-15-20(6-10-26-11-7-20)19(25)22-18-3-1-2-17(12-18)13-23-8-4-16(14-24)5-9-23/h1-3,12,16,24H,4-11,13-15,21H2,(H,22,25). The summed E-state index contributed by atoms with van der Waals surface area (Å²) in [6.45, 7) is 4.72. The number of anilines is 1. The molecule has 0 radical (unpaired) electrons. The number of ether oxygens (including phenoxy) is 1. The molecule has 2 fully saturated rings. The third-order valence-corrected chi connectivity index (χ3v) is 5.88. The van der Waals surface area contributed by atoms with Gasteiger partial charge < -0.3 is 20.9 Å². The zero-order valence-electron chi connectivity index (χ0n) is 15.5. The van der Waals surface area contributed by atoms with Crippen LogP contribution in [0.1, 0.15) is 31.2 Å². The average molecular weight is 361 g/mol. The monoisotopic (exact) mass is 361 g/mol. The van der Waals surface area contributed by atoms with Crippen molar-refractivity contribution in [2.24, 2.45) is 17.1 Å². The highest BCUT2D eigenvalue weighted by Gasteiger charge is 2.38. The number of hydrogen-bond acceptors (Lipinski definition) is 5. The summed E-state index contributed by atoms with van der Waals surface area (Å²) in [6, 6.07) is 8.08. The molecule has 0 bridgehead atoms. The van der Waals surface area contributed by atoms with Crippen LogP contribution in [0.15, 0.2) is 24.3 Å². The van der Waals surface area contributed by atoms with E-state index in [-0.39, 0.29) is 5.91 Å². The van der Waals surface area contributed by atoms with Gasteiger partial charge in [0.25, 0.3) is 0 Å². The number of carbonyl (C=O) groups excluding carboxylic acids is 1. The second-order valence-electron chi connectivity index (χ2n) is 7.65. The molecule has 2 aliphatic rings. The van der Waals surface area contributed by atoms with Gasteiger partial charge in [-0.1, -0.05) is 12.1 Å². The van der Waals surface area contributed by atoms with Crippen LogP contribution in [0, 0.1) is 11.3 Å². The number of amides is 1. The smallest absolute Gasteiger partial charge is 0.232 e. The minimum Gasteiger partial charge on any atom is -0.396 e. The van der Waals surface area contributed by atoms with Gasteiger partial charge in [0, 0.05) is 38.6 Å². The van der Waals surface area contributed by atoms with Crippen LogP contribution < -0.4 is 11.1 Å². The van der Waals surface area contributed by atoms with Gasteiger partial charge in [0.15, 0.2) is 0 Å². The Morgan fingerprint density at radius 3 is 2.69 bits per heavy atom. The number of rotatable bonds is 6. The topological polar surface area (TPSA) is 87.8 Å². The molecule has 0 aliphatic carbocycles. The number of aliphatic hydroxyl groups excluding tert-OH is 1. The Balaban J connectivity index is 1.59. The third-order valence-electron chi connectivity index (χ3n) is 5.88. The van der Waals surface area contributed by atoms with Crippen LogP contribution in [-0.4, -0.2) is 55.4 Å². The summed E-state index contributed by atoms with van der Waals surface area (Å²) in [5, 5.41) is 12.3. The van der Waals surface area contributed by atoms with Gasteiger partial charge in [-0.3, -0.25) is 9.69 Å². The maximum atomic E-state index is 12.8. The van der Waals surface area contributed by atoms with Gasteiger partial charge in [0.05, 0.1) is 5.41 Å². The summed E-state index contributed by atoms with van der Waals surface area (Å²) >= 11 is 0. The van der Waals surface area contributed by atoms with Crippen molar-refractivity contribution >= 4 is 11.6 Å². The molecule has 0 atom stereocenters. The molecule has 1 amide bonds. The van der Waals surface area contributed by atoms with Gasteiger partial charge in [-0.15, -0.1) is 0 Å². The number of piperidine rings is 1. The predicted octanol–water partition coefficient (Wildman–Crippen LogP) is 1.58. The van der Waals surface area contributed by atoms with Crippen molar-refractivity contribution in [1.82, 2.24) is 4.90 Å². The van der Waals surface area contributed by atoms with Crippen LogP contribution in [0.3, 0.4) is 0 Å². The van der Waals surface area contributed by atoms with E-state index in [1.807, 2.05) is 12.1 Å². The Kier molecular flexibility index (Phi) is 6.64. The first-order chi connectivity index (χ1) is 12.6. The van der Waals surface area contributed by atoms with E-state index in [0.29, 0.717) is 45.1 Å². The number of carbonyl (C=O) groups is 1. The molecular weight excluding hydrogens is 330 g/mol. The highest BCUT2D eigenvalue weighted by Crippen LogP contribution is 2.31. The molecule has 144 valence electrons. The first-order valence-corrected chi connectivity index (χ1v) is 9.66. The summed E-state index contributed by atoms with van der Waals surface area (Å²) in [5.74, 6) is 0.452. The van der Waals surface area contributed by atoms with Crippen molar-refractivity contribution in [3.63, 3.8) is 0 Å². The number of hydrogen-bond donors (Lipinski definition) is 3. The molecule has 4 N–H and O–H groups in total. The fourth-order valence-electron chi connectivity index (χ4n) is 3.88. The number of benzene rings is 1. The summed E-state index contributed by atoms with van der Waals surface area (Å²) in [4.78, 5) is 15.2. The molecule has 0 saturated carbocycles. The summed E-state index contributed by atoms with van der Waals surface area (Å²) in [6.07, 6.45) is 3.45. The molecule has 0 spiro atoms. The van der Waals surface area contributed by atoms with Crippen molar-refractivity contribution < 1.29 is 14.6 Å². The Morgan fingerprint density at radius 2 is 2.04 bits per heavy atom. The number of nitrogens with two attached hydrogens (primary N) is 1. The van der Waals surface area contributed by atoms with Gasteiger partial charge in [0.2, 0.25) is 5.91 Å². The zero-order chi connectivity index (χ0) is 18.4. The maximum Gasteiger partial charge on any atom is 0.232 e. The molecule has 1 aromatic rings. The zero-order valence-corrected chi connectivity index (χ0v) is 15.5. The van der Waals surface area contributed by atoms with Crippen LogP contribution in [0.2, 0.25) is 0 Å². The van der Waals surface area contributed by atoms with Crippen LogP contribution in [-0.2, 0) is 16.1 Å². The van der Waals surface area contributed by atoms with Crippen molar-refractivity contribution in [2.75, 3.05) is 44.8 Å². The van der Waals surface area contributed by atoms with E-state index in [1.165, 1.54) is 5.56 Å². The molecule has 6 heteroatoms. The van der Waals surface area contributed by atoms with Crippen molar-refractivity contribution in [3.8, 4) is 0 Å². The normalized spacial score (nSPS) is 21.5. The van der Waals surface area contributed by atoms with Crippen LogP contribution in [0.5, 0.6) is 0 Å². The number of likely N-dealkylation sites (tertiary alicyclic amines) is 1. The summed E-state index contributed by atoms with van der Waals surface area (Å²) in [5.41, 5.74) is 7.44. The highest BCUT2D eigenvalue weighted by atomic mass is 16.5. The first kappa shape index (κ1) is 19.3. The van der Waals surface area contributed by atoms with Crippen LogP contribution in [0.4, 0.5) is 5.69 Å². The molecular formula is C20H31N3O3. The van der Waals surface area contributed by atoms with Crippen LogP contribution in [0.25, 0.3) is 0 Å². The largest absolute Gasteiger partial charge is 0.396 e. The fraction of sp³-hybridized carbons (Fsp3) is 0.650. The van der Waals surface area contributed by atoms with Crippen molar-refractivity contribution in [3.05, 3.63) is 29.8 Å². The number of nitrogens with zero attached hydrogens (tertiary/aromatic N) is 1. The Labute approximate surface area is 155 Å². The van der Waals surface area contributed by atoms with Gasteiger partial charge in [-0.2, -0.15) is 0 Å². The molecule has 6 nitrogen and oxygen atoms in total. The molecule has 1 aromatic carbocycles. The molecule has 0 aromatic heterocycles. The lowest BCUT2D eigenvalue weighted by molar-refractivity contribution is -0.130. The predicted molar refractivity (Wildman–Crippen MR) is 102 cm³/mol. The maximum absolute atomic E-state index is 12.8. The van der Waals surface area contributed by atoms with Crippen molar-refractivity contribution in [1.29, 1.82) is 0 Å². The van der Waals surface area contributed by atoms with E-state index in [1.54, 1.807) is 0 Å². The molecule has 2 saturated heterocycles. The van der Waals surface area contributed by atoms with E-state index < -0.39 is 5.41 Å². The number of nitrogens with one attached hydrogen (secondary N) is 1. The summed E-state index contributed by atoms with van der Waals surface area (Å²) < 4.78 is 5.39. The molecule has 0 unspecified atom stereocenters. The average Bonchev–Trinajstić information content (AvgIpc) is 2.69. The lowest BCUT2D eigenvalue weighted by Gasteiger charge is -2.34. The lowest BCUT2D eigenvalue weighted by Crippen LogP contribution is -2.46. The summed E-state index contributed by atoms with van der Waals surface area (Å²) in [7, 11) is 0. The lowest BCUT2D eigenvalue weighted by atomic mass is 9.79. The second kappa shape index (κ2) is 8.95. The first-order valence-electron chi connectivity index (χ1n) is 9.66. The fourth-order valence-corrected chi connectivity index (χ4v) is 3.88. The molecule has 2 aliphatic heterocycles. The Hall–Kier alpha value is -1.47. The van der Waals surface area contributed by atoms with Gasteiger partial charge >= 0.3 is 0 Å². The minimum absolute atomic E-state index is 0.00390.